The van der Waals surface area contributed by atoms with Gasteiger partial charge in [0.15, 0.2) is 5.65 Å². The van der Waals surface area contributed by atoms with Crippen molar-refractivity contribution in [3.63, 3.8) is 0 Å². The van der Waals surface area contributed by atoms with E-state index in [9.17, 15) is 0 Å². The number of hydrogen-bond acceptors (Lipinski definition) is 7. The largest absolute Gasteiger partial charge is 0.490 e. The molecule has 5 aromatic rings. The van der Waals surface area contributed by atoms with Gasteiger partial charge < -0.3 is 10.5 Å². The topological polar surface area (TPSA) is 95.0 Å². The van der Waals surface area contributed by atoms with Crippen LogP contribution in [0.2, 0.25) is 0 Å². The van der Waals surface area contributed by atoms with Crippen molar-refractivity contribution in [3.8, 4) is 22.8 Å². The van der Waals surface area contributed by atoms with Gasteiger partial charge in [-0.3, -0.25) is 14.5 Å². The van der Waals surface area contributed by atoms with E-state index in [2.05, 4.69) is 36.6 Å². The van der Waals surface area contributed by atoms with E-state index in [0.29, 0.717) is 5.82 Å². The minimum Gasteiger partial charge on any atom is -0.490 e. The summed E-state index contributed by atoms with van der Waals surface area (Å²) in [5.74, 6) is 2.26. The van der Waals surface area contributed by atoms with Crippen LogP contribution in [0.15, 0.2) is 85.5 Å². The second-order valence-electron chi connectivity index (χ2n) is 9.03. The SMILES string of the molecule is Nc1cc(CN2CCC(Oc3ccc(-n4c(-c5cccnc5)nc5cccnc54)cc3)CC2)ccn1. The number of aromatic nitrogens is 5. The predicted molar refractivity (Wildman–Crippen MR) is 140 cm³/mol. The minimum atomic E-state index is 0.205. The molecule has 0 radical (unpaired) electrons. The Hall–Kier alpha value is -4.30. The first-order valence-electron chi connectivity index (χ1n) is 12.2. The van der Waals surface area contributed by atoms with E-state index < -0.39 is 0 Å². The fraction of sp³-hybridized carbons (Fsp3) is 0.214. The van der Waals surface area contributed by atoms with Crippen LogP contribution in [-0.2, 0) is 6.54 Å². The summed E-state index contributed by atoms with van der Waals surface area (Å²) >= 11 is 0. The molecule has 8 heteroatoms. The number of pyridine rings is 3. The number of fused-ring (bicyclic) bond motifs is 1. The van der Waals surface area contributed by atoms with E-state index in [1.54, 1.807) is 18.6 Å². The summed E-state index contributed by atoms with van der Waals surface area (Å²) in [6.45, 7) is 2.87. The van der Waals surface area contributed by atoms with Crippen molar-refractivity contribution in [2.45, 2.75) is 25.5 Å². The van der Waals surface area contributed by atoms with Crippen LogP contribution >= 0.6 is 0 Å². The fourth-order valence-corrected chi connectivity index (χ4v) is 4.75. The molecule has 180 valence electrons. The Morgan fingerprint density at radius 3 is 2.53 bits per heavy atom. The Labute approximate surface area is 209 Å². The van der Waals surface area contributed by atoms with E-state index in [-0.39, 0.29) is 6.10 Å². The Bertz CT molecular complexity index is 1460. The second kappa shape index (κ2) is 9.75. The van der Waals surface area contributed by atoms with E-state index in [4.69, 9.17) is 15.5 Å². The maximum absolute atomic E-state index is 6.34. The molecule has 0 amide bonds. The molecule has 1 saturated heterocycles. The number of piperidine rings is 1. The first-order chi connectivity index (χ1) is 17.7. The van der Waals surface area contributed by atoms with Crippen LogP contribution in [0.1, 0.15) is 18.4 Å². The van der Waals surface area contributed by atoms with E-state index in [1.165, 1.54) is 5.56 Å². The first-order valence-corrected chi connectivity index (χ1v) is 12.2. The molecule has 1 fully saturated rings. The standard InChI is InChI=1S/C28H27N7O/c29-26-17-20(9-14-31-26)19-34-15-10-24(11-16-34)36-23-7-5-22(6-8-23)35-27(21-3-1-12-30-18-21)33-25-4-2-13-32-28(25)35/h1-9,12-14,17-18,24H,10-11,15-16,19H2,(H2,29,31). The maximum Gasteiger partial charge on any atom is 0.164 e. The smallest absolute Gasteiger partial charge is 0.164 e. The normalized spacial score (nSPS) is 14.8. The van der Waals surface area contributed by atoms with Crippen LogP contribution in [-0.4, -0.2) is 48.6 Å². The number of likely N-dealkylation sites (tertiary alicyclic amines) is 1. The zero-order valence-electron chi connectivity index (χ0n) is 19.9. The van der Waals surface area contributed by atoms with Crippen LogP contribution < -0.4 is 10.5 Å². The van der Waals surface area contributed by atoms with Gasteiger partial charge in [0.2, 0.25) is 0 Å². The summed E-state index contributed by atoms with van der Waals surface area (Å²) in [6, 6.07) is 20.0. The van der Waals surface area contributed by atoms with Crippen LogP contribution in [0, 0.1) is 0 Å². The van der Waals surface area contributed by atoms with Crippen LogP contribution in [0.25, 0.3) is 28.2 Å². The Balaban J connectivity index is 1.16. The number of anilines is 1. The average Bonchev–Trinajstić information content (AvgIpc) is 3.31. The molecule has 0 saturated carbocycles. The molecule has 2 N–H and O–H groups in total. The van der Waals surface area contributed by atoms with Crippen molar-refractivity contribution < 1.29 is 4.74 Å². The number of rotatable bonds is 6. The highest BCUT2D eigenvalue weighted by Crippen LogP contribution is 2.29. The van der Waals surface area contributed by atoms with Crippen LogP contribution in [0.5, 0.6) is 5.75 Å². The molecule has 1 aromatic carbocycles. The maximum atomic E-state index is 6.34. The molecule has 0 spiro atoms. The highest BCUT2D eigenvalue weighted by atomic mass is 16.5. The zero-order chi connectivity index (χ0) is 24.3. The average molecular weight is 478 g/mol. The molecule has 0 unspecified atom stereocenters. The molecule has 1 aliphatic heterocycles. The van der Waals surface area contributed by atoms with Gasteiger partial charge in [0.25, 0.3) is 0 Å². The monoisotopic (exact) mass is 477 g/mol. The van der Waals surface area contributed by atoms with Gasteiger partial charge in [0.1, 0.15) is 29.0 Å². The number of imidazole rings is 1. The Kier molecular flexibility index (Phi) is 6.01. The quantitative estimate of drug-likeness (QED) is 0.385. The molecule has 5 heterocycles. The lowest BCUT2D eigenvalue weighted by molar-refractivity contribution is 0.0968. The first kappa shape index (κ1) is 22.2. The van der Waals surface area contributed by atoms with Crippen molar-refractivity contribution >= 4 is 17.0 Å². The predicted octanol–water partition coefficient (Wildman–Crippen LogP) is 4.50. The third kappa shape index (κ3) is 4.63. The van der Waals surface area contributed by atoms with Crippen molar-refractivity contribution in [3.05, 3.63) is 91.0 Å². The van der Waals surface area contributed by atoms with Crippen LogP contribution in [0.4, 0.5) is 5.82 Å². The van der Waals surface area contributed by atoms with Crippen molar-refractivity contribution in [2.24, 2.45) is 0 Å². The summed E-state index contributed by atoms with van der Waals surface area (Å²) in [7, 11) is 0. The van der Waals surface area contributed by atoms with Gasteiger partial charge >= 0.3 is 0 Å². The van der Waals surface area contributed by atoms with Gasteiger partial charge in [-0.15, -0.1) is 0 Å². The lowest BCUT2D eigenvalue weighted by Crippen LogP contribution is -2.37. The number of benzene rings is 1. The fourth-order valence-electron chi connectivity index (χ4n) is 4.75. The molecule has 0 bridgehead atoms. The van der Waals surface area contributed by atoms with E-state index in [1.807, 2.05) is 54.7 Å². The van der Waals surface area contributed by atoms with Gasteiger partial charge in [0.05, 0.1) is 0 Å². The lowest BCUT2D eigenvalue weighted by Gasteiger charge is -2.32. The molecular weight excluding hydrogens is 450 g/mol. The highest BCUT2D eigenvalue weighted by Gasteiger charge is 2.21. The number of ether oxygens (including phenoxy) is 1. The third-order valence-electron chi connectivity index (χ3n) is 6.52. The van der Waals surface area contributed by atoms with Gasteiger partial charge in [-0.2, -0.15) is 0 Å². The number of nitrogen functional groups attached to an aromatic ring is 1. The highest BCUT2D eigenvalue weighted by molar-refractivity contribution is 5.79. The van der Waals surface area contributed by atoms with Crippen molar-refractivity contribution in [2.75, 3.05) is 18.8 Å². The Morgan fingerprint density at radius 2 is 1.75 bits per heavy atom. The number of hydrogen-bond donors (Lipinski definition) is 1. The van der Waals surface area contributed by atoms with Crippen LogP contribution in [0.3, 0.4) is 0 Å². The van der Waals surface area contributed by atoms with Gasteiger partial charge in [-0.05, 0) is 79.1 Å². The van der Waals surface area contributed by atoms with Crippen molar-refractivity contribution in [1.82, 2.24) is 29.4 Å². The second-order valence-corrected chi connectivity index (χ2v) is 9.03. The zero-order valence-corrected chi connectivity index (χ0v) is 19.9. The summed E-state index contributed by atoms with van der Waals surface area (Å²) in [5.41, 5.74) is 10.6. The molecule has 1 aliphatic rings. The molecule has 8 nitrogen and oxygen atoms in total. The summed E-state index contributed by atoms with van der Waals surface area (Å²) < 4.78 is 8.41. The third-order valence-corrected chi connectivity index (χ3v) is 6.52. The number of nitrogens with two attached hydrogens (primary N) is 1. The molecular formula is C28H27N7O. The summed E-state index contributed by atoms with van der Waals surface area (Å²) in [6.07, 6.45) is 9.34. The van der Waals surface area contributed by atoms with Gasteiger partial charge in [-0.25, -0.2) is 15.0 Å². The van der Waals surface area contributed by atoms with Crippen molar-refractivity contribution in [1.29, 1.82) is 0 Å². The van der Waals surface area contributed by atoms with E-state index >= 15 is 0 Å². The number of nitrogens with zero attached hydrogens (tertiary/aromatic N) is 6. The Morgan fingerprint density at radius 1 is 0.917 bits per heavy atom. The summed E-state index contributed by atoms with van der Waals surface area (Å²) in [4.78, 5) is 20.2. The minimum absolute atomic E-state index is 0.205. The lowest BCUT2D eigenvalue weighted by atomic mass is 10.1. The van der Waals surface area contributed by atoms with E-state index in [0.717, 1.165) is 66.5 Å². The van der Waals surface area contributed by atoms with Gasteiger partial charge in [0, 0.05) is 55.7 Å². The van der Waals surface area contributed by atoms with Gasteiger partial charge in [-0.1, -0.05) is 0 Å². The summed E-state index contributed by atoms with van der Waals surface area (Å²) in [5, 5.41) is 0. The molecule has 6 rings (SSSR count). The molecule has 36 heavy (non-hydrogen) atoms. The molecule has 0 atom stereocenters. The molecule has 0 aliphatic carbocycles. The molecule has 4 aromatic heterocycles.